The van der Waals surface area contributed by atoms with Crippen LogP contribution in [0.1, 0.15) is 41.4 Å². The first-order valence-corrected chi connectivity index (χ1v) is 13.5. The minimum absolute atomic E-state index is 0.268. The van der Waals surface area contributed by atoms with E-state index in [0.29, 0.717) is 33.3 Å². The SMILES string of the molecule is O=C1c2ccc3c4c(c(-c5cccc6ccccc56)cc(c24)C(=O)N1c1ccccc1)C(=O)N(c1ccccc1)C3=O. The Balaban J connectivity index is 1.50. The molecule has 42 heavy (non-hydrogen) atoms. The second-order valence-corrected chi connectivity index (χ2v) is 10.3. The van der Waals surface area contributed by atoms with Gasteiger partial charge in [0.05, 0.1) is 16.9 Å². The highest BCUT2D eigenvalue weighted by Gasteiger charge is 2.42. The molecule has 6 aromatic rings. The van der Waals surface area contributed by atoms with Gasteiger partial charge in [-0.1, -0.05) is 78.9 Å². The highest BCUT2D eigenvalue weighted by atomic mass is 16.2. The molecule has 0 spiro atoms. The van der Waals surface area contributed by atoms with E-state index >= 15 is 0 Å². The zero-order chi connectivity index (χ0) is 28.5. The largest absolute Gasteiger partial charge is 0.268 e. The predicted molar refractivity (Wildman–Crippen MR) is 162 cm³/mol. The quantitative estimate of drug-likeness (QED) is 0.220. The summed E-state index contributed by atoms with van der Waals surface area (Å²) in [6.45, 7) is 0. The molecule has 0 N–H and O–H groups in total. The second kappa shape index (κ2) is 8.81. The molecule has 0 aromatic heterocycles. The Hall–Kier alpha value is -5.88. The number of hydrogen-bond donors (Lipinski definition) is 0. The average molecular weight is 545 g/mol. The number of hydrogen-bond acceptors (Lipinski definition) is 4. The van der Waals surface area contributed by atoms with Gasteiger partial charge in [0.15, 0.2) is 0 Å². The zero-order valence-electron chi connectivity index (χ0n) is 22.1. The summed E-state index contributed by atoms with van der Waals surface area (Å²) in [7, 11) is 0. The van der Waals surface area contributed by atoms with Gasteiger partial charge in [0.25, 0.3) is 23.6 Å². The summed E-state index contributed by atoms with van der Waals surface area (Å²) in [5, 5.41) is 2.54. The maximum Gasteiger partial charge on any atom is 0.266 e. The van der Waals surface area contributed by atoms with E-state index in [-0.39, 0.29) is 16.7 Å². The fraction of sp³-hybridized carbons (Fsp3) is 0. The number of carbonyl (C=O) groups excluding carboxylic acids is 4. The minimum Gasteiger partial charge on any atom is -0.268 e. The Labute approximate surface area is 240 Å². The first-order chi connectivity index (χ1) is 20.5. The third-order valence-corrected chi connectivity index (χ3v) is 8.11. The lowest BCUT2D eigenvalue weighted by molar-refractivity contribution is 0.0873. The zero-order valence-corrected chi connectivity index (χ0v) is 22.1. The highest BCUT2D eigenvalue weighted by molar-refractivity contribution is 6.43. The summed E-state index contributed by atoms with van der Waals surface area (Å²) < 4.78 is 0. The van der Waals surface area contributed by atoms with E-state index in [0.717, 1.165) is 21.2 Å². The number of imide groups is 2. The van der Waals surface area contributed by atoms with Crippen LogP contribution in [0, 0.1) is 0 Å². The van der Waals surface area contributed by atoms with Crippen LogP contribution in [0.3, 0.4) is 0 Å². The van der Waals surface area contributed by atoms with E-state index in [1.165, 1.54) is 4.90 Å². The third-order valence-electron chi connectivity index (χ3n) is 8.11. The van der Waals surface area contributed by atoms with Crippen LogP contribution in [-0.2, 0) is 0 Å². The summed E-state index contributed by atoms with van der Waals surface area (Å²) in [5.74, 6) is -2.01. The third kappa shape index (κ3) is 3.20. The molecule has 2 aliphatic heterocycles. The Morgan fingerprint density at radius 1 is 0.381 bits per heavy atom. The van der Waals surface area contributed by atoms with Crippen molar-refractivity contribution in [2.45, 2.75) is 0 Å². The van der Waals surface area contributed by atoms with E-state index < -0.39 is 23.6 Å². The number of benzene rings is 6. The summed E-state index contributed by atoms with van der Waals surface area (Å²) in [6.07, 6.45) is 0. The van der Waals surface area contributed by atoms with Gasteiger partial charge in [-0.25, -0.2) is 9.80 Å². The van der Waals surface area contributed by atoms with Crippen LogP contribution < -0.4 is 9.80 Å². The molecular formula is C36H20N2O4. The van der Waals surface area contributed by atoms with Gasteiger partial charge in [-0.3, -0.25) is 19.2 Å². The van der Waals surface area contributed by atoms with Crippen molar-refractivity contribution in [3.05, 3.63) is 144 Å². The predicted octanol–water partition coefficient (Wildman–Crippen LogP) is 7.26. The first kappa shape index (κ1) is 24.0. The first-order valence-electron chi connectivity index (χ1n) is 13.5. The van der Waals surface area contributed by atoms with Crippen molar-refractivity contribution in [2.75, 3.05) is 9.80 Å². The van der Waals surface area contributed by atoms with Crippen molar-refractivity contribution in [1.29, 1.82) is 0 Å². The van der Waals surface area contributed by atoms with Gasteiger partial charge in [-0.2, -0.15) is 0 Å². The Kier molecular flexibility index (Phi) is 5.03. The number of nitrogens with zero attached hydrogens (tertiary/aromatic N) is 2. The lowest BCUT2D eigenvalue weighted by Crippen LogP contribution is -2.43. The molecule has 198 valence electrons. The molecule has 6 aromatic carbocycles. The average Bonchev–Trinajstić information content (AvgIpc) is 3.03. The van der Waals surface area contributed by atoms with Crippen molar-refractivity contribution in [1.82, 2.24) is 0 Å². The molecule has 0 atom stereocenters. The van der Waals surface area contributed by atoms with E-state index in [2.05, 4.69) is 0 Å². The standard InChI is InChI=1S/C36H20N2O4/c39-33-26-18-19-27-31-30(26)29(35(41)37(33)22-12-3-1-4-13-22)20-28(25-17-9-11-21-10-7-8-16-24(21)25)32(31)36(42)38(34(27)40)23-14-5-2-6-15-23/h1-20H. The molecule has 2 aliphatic rings. The van der Waals surface area contributed by atoms with Crippen LogP contribution in [0.25, 0.3) is 32.7 Å². The smallest absolute Gasteiger partial charge is 0.266 e. The summed E-state index contributed by atoms with van der Waals surface area (Å²) in [6, 6.07) is 36.1. The summed E-state index contributed by atoms with van der Waals surface area (Å²) in [5.41, 5.74) is 3.27. The second-order valence-electron chi connectivity index (χ2n) is 10.3. The van der Waals surface area contributed by atoms with Crippen molar-refractivity contribution >= 4 is 56.5 Å². The number of para-hydroxylation sites is 2. The molecule has 4 amide bonds. The van der Waals surface area contributed by atoms with Gasteiger partial charge < -0.3 is 0 Å². The lowest BCUT2D eigenvalue weighted by Gasteiger charge is -2.33. The van der Waals surface area contributed by atoms with Crippen LogP contribution in [0.15, 0.2) is 121 Å². The van der Waals surface area contributed by atoms with Crippen LogP contribution in [0.5, 0.6) is 0 Å². The van der Waals surface area contributed by atoms with Crippen molar-refractivity contribution in [3.63, 3.8) is 0 Å². The van der Waals surface area contributed by atoms with Crippen LogP contribution in [0.2, 0.25) is 0 Å². The molecule has 0 aliphatic carbocycles. The topological polar surface area (TPSA) is 74.8 Å². The number of fused-ring (bicyclic) bond motifs is 1. The summed E-state index contributed by atoms with van der Waals surface area (Å²) in [4.78, 5) is 58.8. The minimum atomic E-state index is -0.505. The monoisotopic (exact) mass is 544 g/mol. The van der Waals surface area contributed by atoms with Gasteiger partial charge in [-0.15, -0.1) is 0 Å². The molecular weight excluding hydrogens is 524 g/mol. The lowest BCUT2D eigenvalue weighted by atomic mass is 9.81. The van der Waals surface area contributed by atoms with Crippen LogP contribution in [0.4, 0.5) is 11.4 Å². The Morgan fingerprint density at radius 3 is 1.57 bits per heavy atom. The van der Waals surface area contributed by atoms with Crippen molar-refractivity contribution in [2.24, 2.45) is 0 Å². The molecule has 0 saturated heterocycles. The number of carbonyl (C=O) groups is 4. The number of amides is 4. The Bertz CT molecular complexity index is 2170. The molecule has 6 nitrogen and oxygen atoms in total. The molecule has 0 saturated carbocycles. The van der Waals surface area contributed by atoms with E-state index in [9.17, 15) is 19.2 Å². The van der Waals surface area contributed by atoms with Crippen molar-refractivity contribution < 1.29 is 19.2 Å². The molecule has 6 heteroatoms. The molecule has 0 fully saturated rings. The van der Waals surface area contributed by atoms with E-state index in [1.807, 2.05) is 54.6 Å². The number of rotatable bonds is 3. The highest BCUT2D eigenvalue weighted by Crippen LogP contribution is 2.45. The maximum atomic E-state index is 14.4. The van der Waals surface area contributed by atoms with Gasteiger partial charge in [0.2, 0.25) is 0 Å². The maximum absolute atomic E-state index is 14.4. The van der Waals surface area contributed by atoms with Crippen molar-refractivity contribution in [3.8, 4) is 11.1 Å². The number of anilines is 2. The molecule has 2 heterocycles. The van der Waals surface area contributed by atoms with Crippen LogP contribution in [-0.4, -0.2) is 23.6 Å². The fourth-order valence-electron chi connectivity index (χ4n) is 6.27. The normalized spacial score (nSPS) is 14.3. The van der Waals surface area contributed by atoms with Gasteiger partial charge >= 0.3 is 0 Å². The molecule has 0 bridgehead atoms. The van der Waals surface area contributed by atoms with Gasteiger partial charge in [0, 0.05) is 27.5 Å². The van der Waals surface area contributed by atoms with Gasteiger partial charge in [0.1, 0.15) is 0 Å². The fourth-order valence-corrected chi connectivity index (χ4v) is 6.27. The molecule has 0 unspecified atom stereocenters. The van der Waals surface area contributed by atoms with E-state index in [1.54, 1.807) is 66.7 Å². The molecule has 0 radical (unpaired) electrons. The van der Waals surface area contributed by atoms with Gasteiger partial charge in [-0.05, 0) is 64.4 Å². The van der Waals surface area contributed by atoms with E-state index in [4.69, 9.17) is 0 Å². The van der Waals surface area contributed by atoms with Crippen LogP contribution >= 0.6 is 0 Å². The summed E-state index contributed by atoms with van der Waals surface area (Å²) >= 11 is 0. The Morgan fingerprint density at radius 2 is 0.905 bits per heavy atom. The molecule has 8 rings (SSSR count).